The van der Waals surface area contributed by atoms with Gasteiger partial charge in [-0.1, -0.05) is 24.6 Å². The number of nitrogens with one attached hydrogen (secondary N) is 1. The van der Waals surface area contributed by atoms with E-state index in [-0.39, 0.29) is 11.7 Å². The first kappa shape index (κ1) is 16.1. The quantitative estimate of drug-likeness (QED) is 0.925. The molecule has 0 saturated carbocycles. The van der Waals surface area contributed by atoms with Crippen molar-refractivity contribution in [1.82, 2.24) is 4.98 Å². The van der Waals surface area contributed by atoms with E-state index in [1.165, 1.54) is 0 Å². The number of rotatable bonds is 4. The van der Waals surface area contributed by atoms with Crippen molar-refractivity contribution in [3.05, 3.63) is 50.9 Å². The van der Waals surface area contributed by atoms with Crippen molar-refractivity contribution < 1.29 is 4.74 Å². The van der Waals surface area contributed by atoms with Crippen LogP contribution < -0.4 is 10.3 Å². The van der Waals surface area contributed by atoms with Crippen LogP contribution in [0.4, 0.5) is 0 Å². The molecule has 0 amide bonds. The molecule has 1 unspecified atom stereocenters. The van der Waals surface area contributed by atoms with E-state index in [0.717, 1.165) is 6.42 Å². The second-order valence-electron chi connectivity index (χ2n) is 5.16. The number of nitrogens with zero attached hydrogens (tertiary/aromatic N) is 1. The highest BCUT2D eigenvalue weighted by Gasteiger charge is 2.13. The Labute approximate surface area is 134 Å². The molecule has 0 aliphatic heterocycles. The molecule has 4 nitrogen and oxygen atoms in total. The first-order chi connectivity index (χ1) is 10.5. The summed E-state index contributed by atoms with van der Waals surface area (Å²) in [6.07, 6.45) is 0.948. The van der Waals surface area contributed by atoms with E-state index in [9.17, 15) is 10.1 Å². The first-order valence-corrected chi connectivity index (χ1v) is 7.44. The molecule has 0 aliphatic rings. The second-order valence-corrected chi connectivity index (χ2v) is 5.57. The number of ether oxygens (including phenoxy) is 1. The number of pyridine rings is 1. The van der Waals surface area contributed by atoms with Crippen molar-refractivity contribution in [2.45, 2.75) is 33.3 Å². The van der Waals surface area contributed by atoms with Gasteiger partial charge >= 0.3 is 0 Å². The average Bonchev–Trinajstić information content (AvgIpc) is 2.48. The minimum atomic E-state index is -0.395. The minimum Gasteiger partial charge on any atom is -0.489 e. The van der Waals surface area contributed by atoms with Crippen molar-refractivity contribution in [2.75, 3.05) is 0 Å². The smallest absolute Gasteiger partial charge is 0.266 e. The standard InChI is InChI=1S/C17H17ClN2O2/c1-4-11(3)22-16-6-5-12(8-15(16)18)13-7-10(2)20-17(21)14(13)9-19/h5-8,11H,4H2,1-3H3,(H,20,21). The summed E-state index contributed by atoms with van der Waals surface area (Å²) in [7, 11) is 0. The fourth-order valence-electron chi connectivity index (χ4n) is 2.09. The van der Waals surface area contributed by atoms with Crippen LogP contribution in [0.5, 0.6) is 5.75 Å². The molecule has 5 heteroatoms. The lowest BCUT2D eigenvalue weighted by atomic mass is 10.0. The number of aromatic nitrogens is 1. The van der Waals surface area contributed by atoms with Gasteiger partial charge in [0.2, 0.25) is 0 Å². The van der Waals surface area contributed by atoms with Crippen LogP contribution in [0.2, 0.25) is 5.02 Å². The maximum atomic E-state index is 11.9. The van der Waals surface area contributed by atoms with Crippen LogP contribution in [0, 0.1) is 18.3 Å². The zero-order valence-corrected chi connectivity index (χ0v) is 13.5. The Bertz CT molecular complexity index is 790. The second kappa shape index (κ2) is 6.67. The van der Waals surface area contributed by atoms with Gasteiger partial charge in [-0.2, -0.15) is 5.26 Å². The molecular formula is C17H17ClN2O2. The molecule has 2 aromatic rings. The van der Waals surface area contributed by atoms with Gasteiger partial charge in [0.25, 0.3) is 5.56 Å². The summed E-state index contributed by atoms with van der Waals surface area (Å²) in [6.45, 7) is 5.78. The summed E-state index contributed by atoms with van der Waals surface area (Å²) >= 11 is 6.26. The Kier molecular flexibility index (Phi) is 4.89. The molecule has 1 heterocycles. The van der Waals surface area contributed by atoms with E-state index >= 15 is 0 Å². The van der Waals surface area contributed by atoms with Crippen molar-refractivity contribution in [2.24, 2.45) is 0 Å². The maximum Gasteiger partial charge on any atom is 0.266 e. The van der Waals surface area contributed by atoms with E-state index in [4.69, 9.17) is 16.3 Å². The summed E-state index contributed by atoms with van der Waals surface area (Å²) in [5.74, 6) is 0.597. The SMILES string of the molecule is CCC(C)Oc1ccc(-c2cc(C)[nH]c(=O)c2C#N)cc1Cl. The average molecular weight is 317 g/mol. The van der Waals surface area contributed by atoms with Crippen molar-refractivity contribution >= 4 is 11.6 Å². The van der Waals surface area contributed by atoms with Crippen molar-refractivity contribution in [3.63, 3.8) is 0 Å². The van der Waals surface area contributed by atoms with Crippen LogP contribution in [0.3, 0.4) is 0 Å². The number of aromatic amines is 1. The minimum absolute atomic E-state index is 0.0693. The van der Waals surface area contributed by atoms with Gasteiger partial charge in [-0.15, -0.1) is 0 Å². The maximum absolute atomic E-state index is 11.9. The normalized spacial score (nSPS) is 11.8. The largest absolute Gasteiger partial charge is 0.489 e. The topological polar surface area (TPSA) is 65.9 Å². The van der Waals surface area contributed by atoms with Crippen LogP contribution in [0.15, 0.2) is 29.1 Å². The van der Waals surface area contributed by atoms with E-state index in [1.807, 2.05) is 19.9 Å². The number of aryl methyl sites for hydroxylation is 1. The van der Waals surface area contributed by atoms with E-state index in [1.54, 1.807) is 31.2 Å². The molecular weight excluding hydrogens is 300 g/mol. The highest BCUT2D eigenvalue weighted by Crippen LogP contribution is 2.32. The van der Waals surface area contributed by atoms with Gasteiger partial charge in [0.1, 0.15) is 17.4 Å². The molecule has 1 aromatic heterocycles. The lowest BCUT2D eigenvalue weighted by Crippen LogP contribution is -2.13. The molecule has 0 aliphatic carbocycles. The molecule has 1 atom stereocenters. The van der Waals surface area contributed by atoms with Crippen molar-refractivity contribution in [1.29, 1.82) is 5.26 Å². The Balaban J connectivity index is 2.50. The van der Waals surface area contributed by atoms with Gasteiger partial charge < -0.3 is 9.72 Å². The molecule has 114 valence electrons. The van der Waals surface area contributed by atoms with Crippen LogP contribution in [-0.4, -0.2) is 11.1 Å². The summed E-state index contributed by atoms with van der Waals surface area (Å²) in [6, 6.07) is 9.00. The number of benzene rings is 1. The monoisotopic (exact) mass is 316 g/mol. The highest BCUT2D eigenvalue weighted by molar-refractivity contribution is 6.32. The van der Waals surface area contributed by atoms with E-state index in [0.29, 0.717) is 27.6 Å². The number of halogens is 1. The molecule has 1 N–H and O–H groups in total. The van der Waals surface area contributed by atoms with Crippen LogP contribution >= 0.6 is 11.6 Å². The third-order valence-corrected chi connectivity index (χ3v) is 3.72. The third-order valence-electron chi connectivity index (χ3n) is 3.43. The summed E-state index contributed by atoms with van der Waals surface area (Å²) in [5.41, 5.74) is 1.66. The predicted octanol–water partition coefficient (Wildman–Crippen LogP) is 4.05. The fraction of sp³-hybridized carbons (Fsp3) is 0.294. The van der Waals surface area contributed by atoms with Gasteiger partial charge in [-0.25, -0.2) is 0 Å². The summed E-state index contributed by atoms with van der Waals surface area (Å²) in [4.78, 5) is 14.5. The Morgan fingerprint density at radius 2 is 2.14 bits per heavy atom. The molecule has 0 bridgehead atoms. The lowest BCUT2D eigenvalue weighted by Gasteiger charge is -2.15. The van der Waals surface area contributed by atoms with E-state index in [2.05, 4.69) is 4.98 Å². The number of H-pyrrole nitrogens is 1. The summed E-state index contributed by atoms with van der Waals surface area (Å²) in [5, 5.41) is 9.66. The van der Waals surface area contributed by atoms with Crippen molar-refractivity contribution in [3.8, 4) is 22.9 Å². The molecule has 0 spiro atoms. The van der Waals surface area contributed by atoms with Gasteiger partial charge in [-0.3, -0.25) is 4.79 Å². The molecule has 0 radical (unpaired) electrons. The highest BCUT2D eigenvalue weighted by atomic mass is 35.5. The summed E-state index contributed by atoms with van der Waals surface area (Å²) < 4.78 is 5.72. The van der Waals surface area contributed by atoms with Crippen LogP contribution in [-0.2, 0) is 0 Å². The number of hydrogen-bond acceptors (Lipinski definition) is 3. The van der Waals surface area contributed by atoms with Crippen LogP contribution in [0.1, 0.15) is 31.5 Å². The number of hydrogen-bond donors (Lipinski definition) is 1. The fourth-order valence-corrected chi connectivity index (χ4v) is 2.32. The van der Waals surface area contributed by atoms with Gasteiger partial charge in [0.05, 0.1) is 11.1 Å². The Morgan fingerprint density at radius 1 is 1.41 bits per heavy atom. The zero-order chi connectivity index (χ0) is 16.3. The zero-order valence-electron chi connectivity index (χ0n) is 12.7. The van der Waals surface area contributed by atoms with Gasteiger partial charge in [0, 0.05) is 11.3 Å². The first-order valence-electron chi connectivity index (χ1n) is 7.06. The third kappa shape index (κ3) is 3.32. The number of nitriles is 1. The van der Waals surface area contributed by atoms with Gasteiger partial charge in [-0.05, 0) is 44.0 Å². The van der Waals surface area contributed by atoms with Gasteiger partial charge in [0.15, 0.2) is 0 Å². The lowest BCUT2D eigenvalue weighted by molar-refractivity contribution is 0.217. The Morgan fingerprint density at radius 3 is 2.73 bits per heavy atom. The molecule has 0 saturated heterocycles. The van der Waals surface area contributed by atoms with E-state index < -0.39 is 5.56 Å². The molecule has 22 heavy (non-hydrogen) atoms. The molecule has 0 fully saturated rings. The predicted molar refractivity (Wildman–Crippen MR) is 87.3 cm³/mol. The molecule has 2 rings (SSSR count). The molecule has 1 aromatic carbocycles. The Hall–Kier alpha value is -2.25. The van der Waals surface area contributed by atoms with Crippen LogP contribution in [0.25, 0.3) is 11.1 Å².